The molecule has 2 heterocycles. The number of halogens is 1. The molecule has 1 atom stereocenters. The average Bonchev–Trinajstić information content (AvgIpc) is 2.87. The minimum Gasteiger partial charge on any atom is -0.306 e. The summed E-state index contributed by atoms with van der Waals surface area (Å²) in [6.07, 6.45) is 13.9. The van der Waals surface area contributed by atoms with E-state index in [1.807, 2.05) is 12.1 Å². The number of fused-ring (bicyclic) bond motifs is 3. The predicted octanol–water partition coefficient (Wildman–Crippen LogP) is 6.38. The number of hydrogen-bond donors (Lipinski definition) is 0. The van der Waals surface area contributed by atoms with Gasteiger partial charge in [0.15, 0.2) is 0 Å². The molecule has 1 fully saturated rings. The van der Waals surface area contributed by atoms with Gasteiger partial charge in [0.05, 0.1) is 5.52 Å². The number of allylic oxidation sites excluding steroid dienone is 3. The van der Waals surface area contributed by atoms with Gasteiger partial charge in [-0.25, -0.2) is 0 Å². The molecule has 0 spiro atoms. The van der Waals surface area contributed by atoms with E-state index in [1.165, 1.54) is 60.0 Å². The van der Waals surface area contributed by atoms with Crippen LogP contribution in [0.1, 0.15) is 61.8 Å². The van der Waals surface area contributed by atoms with Crippen molar-refractivity contribution in [1.29, 1.82) is 0 Å². The lowest BCUT2D eigenvalue weighted by molar-refractivity contribution is 0.282. The number of nitrogens with zero attached hydrogens (tertiary/aromatic N) is 2. The molecule has 2 nitrogen and oxygen atoms in total. The molecule has 0 radical (unpaired) electrons. The lowest BCUT2D eigenvalue weighted by Crippen LogP contribution is -2.25. The van der Waals surface area contributed by atoms with Crippen LogP contribution in [0.4, 0.5) is 0 Å². The number of benzene rings is 1. The third-order valence-electron chi connectivity index (χ3n) is 6.17. The molecular formula is C24H29ClN2. The number of rotatable bonds is 2. The quantitative estimate of drug-likeness (QED) is 0.600. The normalized spacial score (nSPS) is 21.3. The van der Waals surface area contributed by atoms with E-state index in [0.29, 0.717) is 5.92 Å². The fourth-order valence-corrected chi connectivity index (χ4v) is 4.69. The molecule has 1 aromatic carbocycles. The van der Waals surface area contributed by atoms with E-state index in [9.17, 15) is 0 Å². The summed E-state index contributed by atoms with van der Waals surface area (Å²) in [5, 5.41) is 1.99. The van der Waals surface area contributed by atoms with Crippen molar-refractivity contribution < 1.29 is 0 Å². The Bertz CT molecular complexity index is 897. The first-order valence-electron chi connectivity index (χ1n) is 10.3. The van der Waals surface area contributed by atoms with Crippen molar-refractivity contribution in [3.63, 3.8) is 0 Å². The van der Waals surface area contributed by atoms with Gasteiger partial charge in [-0.05, 0) is 75.5 Å². The molecule has 1 aliphatic heterocycles. The zero-order valence-electron chi connectivity index (χ0n) is 16.5. The summed E-state index contributed by atoms with van der Waals surface area (Å²) in [5.74, 6) is 0.537. The van der Waals surface area contributed by atoms with Crippen molar-refractivity contribution in [2.24, 2.45) is 0 Å². The highest BCUT2D eigenvalue weighted by Gasteiger charge is 2.24. The molecule has 3 heteroatoms. The predicted molar refractivity (Wildman–Crippen MR) is 117 cm³/mol. The Labute approximate surface area is 167 Å². The van der Waals surface area contributed by atoms with Gasteiger partial charge >= 0.3 is 0 Å². The Hall–Kier alpha value is -1.64. The zero-order valence-corrected chi connectivity index (χ0v) is 17.2. The summed E-state index contributed by atoms with van der Waals surface area (Å²) in [6, 6.07) is 6.16. The van der Waals surface area contributed by atoms with Gasteiger partial charge in [-0.15, -0.1) is 0 Å². The third kappa shape index (κ3) is 3.97. The van der Waals surface area contributed by atoms with Crippen LogP contribution in [0, 0.1) is 0 Å². The second-order valence-corrected chi connectivity index (χ2v) is 8.49. The number of aromatic nitrogens is 1. The number of likely N-dealkylation sites (tertiary alicyclic amines) is 1. The van der Waals surface area contributed by atoms with Gasteiger partial charge in [-0.1, -0.05) is 54.8 Å². The van der Waals surface area contributed by atoms with Crippen molar-refractivity contribution in [2.45, 2.75) is 51.4 Å². The highest BCUT2D eigenvalue weighted by atomic mass is 35.5. The summed E-state index contributed by atoms with van der Waals surface area (Å²) >= 11 is 6.31. The van der Waals surface area contributed by atoms with Crippen molar-refractivity contribution in [1.82, 2.24) is 9.88 Å². The van der Waals surface area contributed by atoms with Crippen LogP contribution in [0.3, 0.4) is 0 Å². The molecule has 1 unspecified atom stereocenters. The highest BCUT2D eigenvalue weighted by Crippen LogP contribution is 2.37. The van der Waals surface area contributed by atoms with Crippen LogP contribution < -0.4 is 0 Å². The molecule has 0 N–H and O–H groups in total. The van der Waals surface area contributed by atoms with Crippen LogP contribution in [-0.2, 0) is 6.42 Å². The summed E-state index contributed by atoms with van der Waals surface area (Å²) in [7, 11) is 2.25. The first-order chi connectivity index (χ1) is 13.2. The molecule has 0 amide bonds. The van der Waals surface area contributed by atoms with E-state index < -0.39 is 0 Å². The van der Waals surface area contributed by atoms with Crippen LogP contribution in [0.15, 0.2) is 35.9 Å². The molecule has 27 heavy (non-hydrogen) atoms. The van der Waals surface area contributed by atoms with Crippen molar-refractivity contribution >= 4 is 28.6 Å². The van der Waals surface area contributed by atoms with Crippen LogP contribution in [0.2, 0.25) is 5.02 Å². The smallest absolute Gasteiger partial charge is 0.0726 e. The number of pyridine rings is 1. The highest BCUT2D eigenvalue weighted by molar-refractivity contribution is 6.31. The van der Waals surface area contributed by atoms with Crippen LogP contribution >= 0.6 is 11.6 Å². The fourth-order valence-electron chi connectivity index (χ4n) is 4.52. The van der Waals surface area contributed by atoms with E-state index in [-0.39, 0.29) is 0 Å². The minimum atomic E-state index is 0.537. The second-order valence-electron chi connectivity index (χ2n) is 8.05. The van der Waals surface area contributed by atoms with Gasteiger partial charge < -0.3 is 4.90 Å². The maximum Gasteiger partial charge on any atom is 0.0726 e. The van der Waals surface area contributed by atoms with Crippen LogP contribution in [-0.4, -0.2) is 30.0 Å². The summed E-state index contributed by atoms with van der Waals surface area (Å²) in [6.45, 7) is 4.63. The Kier molecular flexibility index (Phi) is 5.66. The molecule has 142 valence electrons. The monoisotopic (exact) mass is 380 g/mol. The summed E-state index contributed by atoms with van der Waals surface area (Å²) < 4.78 is 0. The summed E-state index contributed by atoms with van der Waals surface area (Å²) in [5.41, 5.74) is 6.64. The molecule has 2 aromatic rings. The Balaban J connectivity index is 1.87. The van der Waals surface area contributed by atoms with Crippen molar-refractivity contribution in [2.75, 3.05) is 20.1 Å². The Morgan fingerprint density at radius 1 is 1.19 bits per heavy atom. The molecule has 0 saturated carbocycles. The maximum atomic E-state index is 6.31. The minimum absolute atomic E-state index is 0.537. The largest absolute Gasteiger partial charge is 0.306 e. The Morgan fingerprint density at radius 3 is 2.93 bits per heavy atom. The lowest BCUT2D eigenvalue weighted by atomic mass is 9.85. The van der Waals surface area contributed by atoms with Gasteiger partial charge in [0.2, 0.25) is 0 Å². The van der Waals surface area contributed by atoms with Crippen LogP contribution in [0.25, 0.3) is 17.0 Å². The second kappa shape index (κ2) is 8.16. The standard InChI is InChI=1S/C24H29ClN2/c1-3-17-7-6-9-20-21-11-10-19(25)16-23(21)26-24(22(20)15-17)18-8-4-5-13-27(2)14-12-18/h6-7,9-11,16,18H,3-5,8,12-15H2,1-2H3. The molecule has 1 aliphatic carbocycles. The molecule has 0 bridgehead atoms. The topological polar surface area (TPSA) is 16.1 Å². The van der Waals surface area contributed by atoms with Gasteiger partial charge in [-0.3, -0.25) is 4.98 Å². The molecule has 4 rings (SSSR count). The van der Waals surface area contributed by atoms with E-state index in [1.54, 1.807) is 0 Å². The first kappa shape index (κ1) is 18.7. The first-order valence-corrected chi connectivity index (χ1v) is 10.7. The Morgan fingerprint density at radius 2 is 2.07 bits per heavy atom. The average molecular weight is 381 g/mol. The van der Waals surface area contributed by atoms with Crippen LogP contribution in [0.5, 0.6) is 0 Å². The molecule has 1 aromatic heterocycles. The SMILES string of the molecule is CCC1=CC=Cc2c(c(C3CCCCN(C)CC3)nc3cc(Cl)ccc23)C1. The third-order valence-corrected chi connectivity index (χ3v) is 6.40. The van der Waals surface area contributed by atoms with Gasteiger partial charge in [0.25, 0.3) is 0 Å². The molecular weight excluding hydrogens is 352 g/mol. The number of hydrogen-bond acceptors (Lipinski definition) is 2. The van der Waals surface area contributed by atoms with Crippen molar-refractivity contribution in [3.8, 4) is 0 Å². The van der Waals surface area contributed by atoms with E-state index in [4.69, 9.17) is 16.6 Å². The van der Waals surface area contributed by atoms with Gasteiger partial charge in [0, 0.05) is 22.0 Å². The maximum absolute atomic E-state index is 6.31. The van der Waals surface area contributed by atoms with Gasteiger partial charge in [0.1, 0.15) is 0 Å². The fraction of sp³-hybridized carbons (Fsp3) is 0.458. The van der Waals surface area contributed by atoms with E-state index in [2.05, 4.69) is 43.2 Å². The van der Waals surface area contributed by atoms with E-state index in [0.717, 1.165) is 29.9 Å². The molecule has 2 aliphatic rings. The molecule has 1 saturated heterocycles. The zero-order chi connectivity index (χ0) is 18.8. The lowest BCUT2D eigenvalue weighted by Gasteiger charge is -2.27. The van der Waals surface area contributed by atoms with Gasteiger partial charge in [-0.2, -0.15) is 0 Å². The van der Waals surface area contributed by atoms with Crippen molar-refractivity contribution in [3.05, 3.63) is 57.8 Å². The summed E-state index contributed by atoms with van der Waals surface area (Å²) in [4.78, 5) is 7.69. The van der Waals surface area contributed by atoms with E-state index >= 15 is 0 Å².